The van der Waals surface area contributed by atoms with Crippen molar-refractivity contribution in [1.29, 1.82) is 0 Å². The van der Waals surface area contributed by atoms with E-state index in [9.17, 15) is 9.59 Å². The van der Waals surface area contributed by atoms with Crippen molar-refractivity contribution in [3.8, 4) is 11.5 Å². The van der Waals surface area contributed by atoms with Crippen molar-refractivity contribution >= 4 is 11.9 Å². The molecule has 0 aromatic heterocycles. The van der Waals surface area contributed by atoms with E-state index in [2.05, 4.69) is 6.58 Å². The van der Waals surface area contributed by atoms with Crippen molar-refractivity contribution in [2.75, 3.05) is 0 Å². The van der Waals surface area contributed by atoms with Gasteiger partial charge in [0.25, 0.3) is 0 Å². The second-order valence-electron chi connectivity index (χ2n) is 4.68. The molecule has 0 fully saturated rings. The summed E-state index contributed by atoms with van der Waals surface area (Å²) in [5.74, 6) is 0.202. The molecule has 0 N–H and O–H groups in total. The van der Waals surface area contributed by atoms with Gasteiger partial charge in [0.2, 0.25) is 0 Å². The normalized spacial score (nSPS) is 9.86. The van der Waals surface area contributed by atoms with Crippen LogP contribution in [0.3, 0.4) is 0 Å². The average molecular weight is 296 g/mol. The summed E-state index contributed by atoms with van der Waals surface area (Å²) in [4.78, 5) is 21.9. The van der Waals surface area contributed by atoms with Crippen LogP contribution >= 0.6 is 0 Å². The summed E-state index contributed by atoms with van der Waals surface area (Å²) in [6.07, 6.45) is 1.86. The van der Waals surface area contributed by atoms with Crippen LogP contribution in [0.5, 0.6) is 11.5 Å². The molecular weight excluding hydrogens is 280 g/mol. The first-order valence-electron chi connectivity index (χ1n) is 6.77. The van der Waals surface area contributed by atoms with Crippen LogP contribution in [0.25, 0.3) is 0 Å². The van der Waals surface area contributed by atoms with Crippen molar-refractivity contribution in [3.63, 3.8) is 0 Å². The van der Waals surface area contributed by atoms with Gasteiger partial charge in [0.1, 0.15) is 11.5 Å². The Morgan fingerprint density at radius 3 is 1.77 bits per heavy atom. The SMILES string of the molecule is C=CC(=O)Oc1ccc(Cc2ccc(OC(C)=O)cc2)cc1. The second-order valence-corrected chi connectivity index (χ2v) is 4.68. The molecule has 0 heterocycles. The van der Waals surface area contributed by atoms with Gasteiger partial charge in [0.05, 0.1) is 0 Å². The number of ether oxygens (including phenoxy) is 2. The van der Waals surface area contributed by atoms with Gasteiger partial charge in [-0.05, 0) is 41.8 Å². The zero-order valence-electron chi connectivity index (χ0n) is 12.2. The highest BCUT2D eigenvalue weighted by molar-refractivity contribution is 5.83. The zero-order valence-corrected chi connectivity index (χ0v) is 12.2. The van der Waals surface area contributed by atoms with E-state index in [4.69, 9.17) is 9.47 Å². The smallest absolute Gasteiger partial charge is 0.335 e. The maximum atomic E-state index is 11.1. The van der Waals surface area contributed by atoms with Crippen molar-refractivity contribution in [2.45, 2.75) is 13.3 Å². The summed E-state index contributed by atoms with van der Waals surface area (Å²) in [6.45, 7) is 4.72. The van der Waals surface area contributed by atoms with Gasteiger partial charge in [-0.25, -0.2) is 4.79 Å². The van der Waals surface area contributed by atoms with E-state index in [1.165, 1.54) is 6.92 Å². The lowest BCUT2D eigenvalue weighted by Gasteiger charge is -2.06. The Bertz CT molecular complexity index is 669. The molecular formula is C18H16O4. The monoisotopic (exact) mass is 296 g/mol. The molecule has 0 radical (unpaired) electrons. The summed E-state index contributed by atoms with van der Waals surface area (Å²) in [5, 5.41) is 0. The molecule has 112 valence electrons. The zero-order chi connectivity index (χ0) is 15.9. The first kappa shape index (κ1) is 15.5. The van der Waals surface area contributed by atoms with E-state index < -0.39 is 5.97 Å². The molecule has 0 saturated carbocycles. The molecule has 0 aliphatic heterocycles. The van der Waals surface area contributed by atoms with Crippen LogP contribution in [0.1, 0.15) is 18.1 Å². The van der Waals surface area contributed by atoms with Gasteiger partial charge in [-0.1, -0.05) is 30.8 Å². The van der Waals surface area contributed by atoms with Gasteiger partial charge in [0.15, 0.2) is 0 Å². The fourth-order valence-electron chi connectivity index (χ4n) is 1.91. The fraction of sp³-hybridized carbons (Fsp3) is 0.111. The lowest BCUT2D eigenvalue weighted by Crippen LogP contribution is -2.03. The van der Waals surface area contributed by atoms with Crippen molar-refractivity contribution < 1.29 is 19.1 Å². The first-order chi connectivity index (χ1) is 10.6. The quantitative estimate of drug-likeness (QED) is 0.482. The molecule has 2 rings (SSSR count). The Hall–Kier alpha value is -2.88. The van der Waals surface area contributed by atoms with Crippen LogP contribution in [0.15, 0.2) is 61.2 Å². The number of carbonyl (C=O) groups excluding carboxylic acids is 2. The van der Waals surface area contributed by atoms with Crippen molar-refractivity contribution in [3.05, 3.63) is 72.3 Å². The second kappa shape index (κ2) is 7.22. The topological polar surface area (TPSA) is 52.6 Å². The summed E-state index contributed by atoms with van der Waals surface area (Å²) in [7, 11) is 0. The van der Waals surface area contributed by atoms with E-state index in [1.54, 1.807) is 24.3 Å². The highest BCUT2D eigenvalue weighted by atomic mass is 16.5. The van der Waals surface area contributed by atoms with E-state index in [0.717, 1.165) is 23.6 Å². The third-order valence-electron chi connectivity index (χ3n) is 2.90. The van der Waals surface area contributed by atoms with Crippen molar-refractivity contribution in [2.24, 2.45) is 0 Å². The Balaban J connectivity index is 1.99. The summed E-state index contributed by atoms with van der Waals surface area (Å²) >= 11 is 0. The van der Waals surface area contributed by atoms with Gasteiger partial charge >= 0.3 is 11.9 Å². The Morgan fingerprint density at radius 2 is 1.36 bits per heavy atom. The van der Waals surface area contributed by atoms with Crippen LogP contribution in [-0.4, -0.2) is 11.9 Å². The molecule has 0 aliphatic carbocycles. The van der Waals surface area contributed by atoms with Crippen LogP contribution in [0.4, 0.5) is 0 Å². The average Bonchev–Trinajstić information content (AvgIpc) is 2.50. The van der Waals surface area contributed by atoms with Crippen LogP contribution < -0.4 is 9.47 Å². The minimum Gasteiger partial charge on any atom is -0.427 e. The van der Waals surface area contributed by atoms with Gasteiger partial charge in [-0.3, -0.25) is 4.79 Å². The molecule has 0 spiro atoms. The fourth-order valence-corrected chi connectivity index (χ4v) is 1.91. The minimum atomic E-state index is -0.478. The van der Waals surface area contributed by atoms with Crippen molar-refractivity contribution in [1.82, 2.24) is 0 Å². The Kier molecular flexibility index (Phi) is 5.09. The molecule has 0 saturated heterocycles. The highest BCUT2D eigenvalue weighted by Crippen LogP contribution is 2.18. The minimum absolute atomic E-state index is 0.336. The largest absolute Gasteiger partial charge is 0.427 e. The highest BCUT2D eigenvalue weighted by Gasteiger charge is 2.02. The van der Waals surface area contributed by atoms with E-state index in [-0.39, 0.29) is 5.97 Å². The van der Waals surface area contributed by atoms with E-state index in [1.807, 2.05) is 24.3 Å². The van der Waals surface area contributed by atoms with Gasteiger partial charge in [-0.15, -0.1) is 0 Å². The number of rotatable bonds is 5. The number of hydrogen-bond acceptors (Lipinski definition) is 4. The maximum absolute atomic E-state index is 11.1. The number of benzene rings is 2. The third kappa shape index (κ3) is 4.59. The molecule has 2 aromatic rings. The molecule has 4 nitrogen and oxygen atoms in total. The lowest BCUT2D eigenvalue weighted by atomic mass is 10.0. The molecule has 0 bridgehead atoms. The summed E-state index contributed by atoms with van der Waals surface area (Å²) in [5.41, 5.74) is 2.17. The first-order valence-corrected chi connectivity index (χ1v) is 6.77. The van der Waals surface area contributed by atoms with Gasteiger partial charge < -0.3 is 9.47 Å². The Labute approximate surface area is 129 Å². The third-order valence-corrected chi connectivity index (χ3v) is 2.90. The molecule has 2 aromatic carbocycles. The van der Waals surface area contributed by atoms with Gasteiger partial charge in [-0.2, -0.15) is 0 Å². The number of carbonyl (C=O) groups is 2. The molecule has 0 aliphatic rings. The molecule has 4 heteroatoms. The van der Waals surface area contributed by atoms with Crippen LogP contribution in [0.2, 0.25) is 0 Å². The molecule has 0 atom stereocenters. The number of esters is 2. The maximum Gasteiger partial charge on any atom is 0.335 e. The summed E-state index contributed by atoms with van der Waals surface area (Å²) in [6, 6.07) is 14.6. The predicted octanol–water partition coefficient (Wildman–Crippen LogP) is 3.29. The lowest BCUT2D eigenvalue weighted by molar-refractivity contribution is -0.132. The molecule has 0 unspecified atom stereocenters. The summed E-state index contributed by atoms with van der Waals surface area (Å²) < 4.78 is 10.0. The molecule has 0 amide bonds. The number of hydrogen-bond donors (Lipinski definition) is 0. The van der Waals surface area contributed by atoms with E-state index in [0.29, 0.717) is 11.5 Å². The van der Waals surface area contributed by atoms with Crippen LogP contribution in [0, 0.1) is 0 Å². The van der Waals surface area contributed by atoms with E-state index >= 15 is 0 Å². The van der Waals surface area contributed by atoms with Crippen LogP contribution in [-0.2, 0) is 16.0 Å². The standard InChI is InChI=1S/C18H16O4/c1-3-18(20)22-17-10-6-15(7-11-17)12-14-4-8-16(9-5-14)21-13(2)19/h3-11H,1,12H2,2H3. The molecule has 22 heavy (non-hydrogen) atoms. The Morgan fingerprint density at radius 1 is 0.909 bits per heavy atom. The van der Waals surface area contributed by atoms with Gasteiger partial charge in [0, 0.05) is 13.0 Å². The predicted molar refractivity (Wildman–Crippen MR) is 82.8 cm³/mol.